The number of benzene rings is 1. The van der Waals surface area contributed by atoms with Crippen LogP contribution in [0.1, 0.15) is 11.3 Å². The van der Waals surface area contributed by atoms with Crippen molar-refractivity contribution in [1.82, 2.24) is 9.78 Å². The second-order valence-corrected chi connectivity index (χ2v) is 5.37. The van der Waals surface area contributed by atoms with E-state index in [-0.39, 0.29) is 5.69 Å². The summed E-state index contributed by atoms with van der Waals surface area (Å²) >= 11 is 0.647. The second-order valence-electron chi connectivity index (χ2n) is 4.36. The molecule has 0 saturated heterocycles. The summed E-state index contributed by atoms with van der Waals surface area (Å²) in [7, 11) is 0. The molecule has 1 heterocycles. The van der Waals surface area contributed by atoms with E-state index >= 15 is 0 Å². The highest BCUT2D eigenvalue weighted by Gasteiger charge is 2.27. The molecule has 0 unspecified atom stereocenters. The summed E-state index contributed by atoms with van der Waals surface area (Å²) in [5.41, 5.74) is 1.34. The summed E-state index contributed by atoms with van der Waals surface area (Å²) in [5.74, 6) is -1.51. The number of thioether (sulfide) groups is 1. The molecular weight excluding hydrogens is 292 g/mol. The van der Waals surface area contributed by atoms with E-state index in [1.54, 1.807) is 19.9 Å². The molecule has 0 bridgehead atoms. The Hall–Kier alpha value is -1.50. The Kier molecular flexibility index (Phi) is 4.08. The van der Waals surface area contributed by atoms with Crippen molar-refractivity contribution < 1.29 is 17.6 Å². The number of nitrogens with zero attached hydrogens (tertiary/aromatic N) is 2. The lowest BCUT2D eigenvalue weighted by atomic mass is 10.2. The lowest BCUT2D eigenvalue weighted by Crippen LogP contribution is -2.11. The van der Waals surface area contributed by atoms with Crippen molar-refractivity contribution in [2.24, 2.45) is 0 Å². The van der Waals surface area contributed by atoms with Crippen LogP contribution in [0.15, 0.2) is 29.3 Å². The maximum Gasteiger partial charge on any atom is 0.398 e. The number of aromatic nitrogens is 2. The van der Waals surface area contributed by atoms with Gasteiger partial charge in [-0.3, -0.25) is 0 Å². The maximum atomic E-state index is 14.0. The zero-order chi connectivity index (χ0) is 14.9. The van der Waals surface area contributed by atoms with Crippen molar-refractivity contribution in [3.63, 3.8) is 0 Å². The number of hydrogen-bond donors (Lipinski definition) is 0. The molecule has 2 aromatic rings. The van der Waals surface area contributed by atoms with Gasteiger partial charge in [0.1, 0.15) is 11.5 Å². The highest BCUT2D eigenvalue weighted by molar-refractivity contribution is 7.99. The van der Waals surface area contributed by atoms with Crippen LogP contribution >= 0.6 is 11.8 Å². The molecule has 0 saturated carbocycles. The molecular formula is C13H12F4N2S. The summed E-state index contributed by atoms with van der Waals surface area (Å²) in [5, 5.41) is 3.97. The third-order valence-corrected chi connectivity index (χ3v) is 3.92. The van der Waals surface area contributed by atoms with E-state index < -0.39 is 17.7 Å². The van der Waals surface area contributed by atoms with Crippen LogP contribution in [-0.4, -0.2) is 21.7 Å². The molecule has 0 aliphatic carbocycles. The number of aryl methyl sites for hydroxylation is 2. The maximum absolute atomic E-state index is 14.0. The van der Waals surface area contributed by atoms with Gasteiger partial charge in [-0.25, -0.2) is 9.07 Å². The fraction of sp³-hybridized carbons (Fsp3) is 0.308. The van der Waals surface area contributed by atoms with Crippen molar-refractivity contribution in [1.29, 1.82) is 0 Å². The van der Waals surface area contributed by atoms with E-state index in [9.17, 15) is 17.6 Å². The average molecular weight is 304 g/mol. The van der Waals surface area contributed by atoms with Gasteiger partial charge in [-0.15, -0.1) is 11.8 Å². The summed E-state index contributed by atoms with van der Waals surface area (Å²) in [4.78, 5) is 0.397. The van der Waals surface area contributed by atoms with Gasteiger partial charge >= 0.3 is 6.18 Å². The first-order chi connectivity index (χ1) is 9.28. The molecule has 2 nitrogen and oxygen atoms in total. The predicted molar refractivity (Wildman–Crippen MR) is 69.8 cm³/mol. The first-order valence-electron chi connectivity index (χ1n) is 5.78. The molecule has 0 aliphatic rings. The van der Waals surface area contributed by atoms with Crippen LogP contribution in [0.2, 0.25) is 0 Å². The predicted octanol–water partition coefficient (Wildman–Crippen LogP) is 4.28. The molecule has 0 radical (unpaired) electrons. The Morgan fingerprint density at radius 2 is 1.95 bits per heavy atom. The van der Waals surface area contributed by atoms with Gasteiger partial charge in [-0.05, 0) is 37.6 Å². The van der Waals surface area contributed by atoms with E-state index in [1.807, 2.05) is 0 Å². The zero-order valence-corrected chi connectivity index (χ0v) is 11.6. The van der Waals surface area contributed by atoms with Gasteiger partial charge in [0.2, 0.25) is 0 Å². The van der Waals surface area contributed by atoms with Crippen molar-refractivity contribution in [2.45, 2.75) is 24.9 Å². The number of alkyl halides is 3. The van der Waals surface area contributed by atoms with Gasteiger partial charge < -0.3 is 0 Å². The van der Waals surface area contributed by atoms with Gasteiger partial charge in [0.15, 0.2) is 0 Å². The summed E-state index contributed by atoms with van der Waals surface area (Å²) in [6.45, 7) is 3.33. The minimum atomic E-state index is -4.26. The molecule has 108 valence electrons. The molecule has 1 aromatic heterocycles. The fourth-order valence-corrected chi connectivity index (χ4v) is 2.54. The van der Waals surface area contributed by atoms with Gasteiger partial charge in [-0.1, -0.05) is 0 Å². The smallest absolute Gasteiger partial charge is 0.235 e. The monoisotopic (exact) mass is 304 g/mol. The average Bonchev–Trinajstić information content (AvgIpc) is 2.73. The van der Waals surface area contributed by atoms with Crippen LogP contribution in [-0.2, 0) is 0 Å². The standard InChI is InChI=1S/C13H12F4N2S/c1-8-5-10(14)11(19-9(2)3-4-18-19)6-12(8)20-7-13(15,16)17/h3-6H,7H2,1-2H3. The number of rotatable bonds is 3. The van der Waals surface area contributed by atoms with Gasteiger partial charge in [-0.2, -0.15) is 18.3 Å². The Morgan fingerprint density at radius 1 is 1.25 bits per heavy atom. The normalized spacial score (nSPS) is 11.9. The molecule has 0 spiro atoms. The van der Waals surface area contributed by atoms with Crippen LogP contribution in [0, 0.1) is 19.7 Å². The van der Waals surface area contributed by atoms with Gasteiger partial charge in [0, 0.05) is 16.8 Å². The van der Waals surface area contributed by atoms with E-state index in [4.69, 9.17) is 0 Å². The lowest BCUT2D eigenvalue weighted by molar-refractivity contribution is -0.105. The molecule has 0 N–H and O–H groups in total. The third kappa shape index (κ3) is 3.33. The topological polar surface area (TPSA) is 17.8 Å². The zero-order valence-electron chi connectivity index (χ0n) is 10.8. The Bertz CT molecular complexity index is 619. The van der Waals surface area contributed by atoms with Crippen LogP contribution in [0.4, 0.5) is 17.6 Å². The molecule has 0 amide bonds. The van der Waals surface area contributed by atoms with Crippen LogP contribution in [0.3, 0.4) is 0 Å². The summed E-state index contributed by atoms with van der Waals surface area (Å²) in [6.07, 6.45) is -2.75. The van der Waals surface area contributed by atoms with Crippen molar-refractivity contribution >= 4 is 11.8 Å². The molecule has 0 aliphatic heterocycles. The Balaban J connectivity index is 2.38. The van der Waals surface area contributed by atoms with Crippen LogP contribution < -0.4 is 0 Å². The summed E-state index contributed by atoms with van der Waals surface area (Å²) < 4.78 is 52.2. The van der Waals surface area contributed by atoms with Crippen molar-refractivity contribution in [3.05, 3.63) is 41.5 Å². The van der Waals surface area contributed by atoms with Crippen LogP contribution in [0.5, 0.6) is 0 Å². The van der Waals surface area contributed by atoms with Gasteiger partial charge in [0.25, 0.3) is 0 Å². The van der Waals surface area contributed by atoms with Crippen molar-refractivity contribution in [3.8, 4) is 5.69 Å². The molecule has 1 aromatic carbocycles. The van der Waals surface area contributed by atoms with E-state index in [0.717, 1.165) is 0 Å². The van der Waals surface area contributed by atoms with E-state index in [2.05, 4.69) is 5.10 Å². The highest BCUT2D eigenvalue weighted by atomic mass is 32.2. The van der Waals surface area contributed by atoms with E-state index in [0.29, 0.717) is 27.9 Å². The minimum Gasteiger partial charge on any atom is -0.235 e. The number of hydrogen-bond acceptors (Lipinski definition) is 2. The highest BCUT2D eigenvalue weighted by Crippen LogP contribution is 2.32. The van der Waals surface area contributed by atoms with Crippen molar-refractivity contribution in [2.75, 3.05) is 5.75 Å². The van der Waals surface area contributed by atoms with E-state index in [1.165, 1.54) is 23.0 Å². The second kappa shape index (κ2) is 5.47. The lowest BCUT2D eigenvalue weighted by Gasteiger charge is -2.12. The van der Waals surface area contributed by atoms with Gasteiger partial charge in [0.05, 0.1) is 5.75 Å². The molecule has 7 heteroatoms. The van der Waals surface area contributed by atoms with Crippen LogP contribution in [0.25, 0.3) is 5.69 Å². The summed E-state index contributed by atoms with van der Waals surface area (Å²) in [6, 6.07) is 4.33. The number of halogens is 4. The molecule has 0 fully saturated rings. The first-order valence-corrected chi connectivity index (χ1v) is 6.77. The Morgan fingerprint density at radius 3 is 2.50 bits per heavy atom. The largest absolute Gasteiger partial charge is 0.398 e. The molecule has 2 rings (SSSR count). The molecule has 0 atom stereocenters. The molecule has 20 heavy (non-hydrogen) atoms. The minimum absolute atomic E-state index is 0.155. The Labute approximate surface area is 117 Å². The fourth-order valence-electron chi connectivity index (χ4n) is 1.74. The first kappa shape index (κ1) is 14.9. The quantitative estimate of drug-likeness (QED) is 0.622. The SMILES string of the molecule is Cc1cc(F)c(-n2nccc2C)cc1SCC(F)(F)F. The third-order valence-electron chi connectivity index (χ3n) is 2.70.